The van der Waals surface area contributed by atoms with Crippen LogP contribution in [0.5, 0.6) is 0 Å². The maximum Gasteiger partial charge on any atom is -0.0218 e. The molecule has 0 aliphatic heterocycles. The molecule has 0 heteroatoms. The molecule has 0 fully saturated rings. The third-order valence-corrected chi connectivity index (χ3v) is 3.37. The minimum Gasteiger partial charge on any atom is -0.103 e. The van der Waals surface area contributed by atoms with Crippen molar-refractivity contribution in [3.63, 3.8) is 0 Å². The molecule has 1 aliphatic carbocycles. The van der Waals surface area contributed by atoms with Gasteiger partial charge in [-0.3, -0.25) is 0 Å². The lowest BCUT2D eigenvalue weighted by molar-refractivity contribution is 0.678. The summed E-state index contributed by atoms with van der Waals surface area (Å²) in [5, 5.41) is 0. The molecule has 0 N–H and O–H groups in total. The smallest absolute Gasteiger partial charge is 0.0218 e. The van der Waals surface area contributed by atoms with E-state index in [1.807, 2.05) is 6.08 Å². The third-order valence-electron chi connectivity index (χ3n) is 3.37. The SMILES string of the molecule is C=CC(C)Cc1ccc2c(c1)CCCC2. The average molecular weight is 200 g/mol. The van der Waals surface area contributed by atoms with Gasteiger partial charge in [-0.2, -0.15) is 0 Å². The molecule has 1 aliphatic rings. The van der Waals surface area contributed by atoms with Crippen molar-refractivity contribution in [2.24, 2.45) is 5.92 Å². The molecule has 0 spiro atoms. The molecule has 0 bridgehead atoms. The van der Waals surface area contributed by atoms with Crippen LogP contribution >= 0.6 is 0 Å². The van der Waals surface area contributed by atoms with E-state index in [0.29, 0.717) is 5.92 Å². The monoisotopic (exact) mass is 200 g/mol. The number of hydrogen-bond donors (Lipinski definition) is 0. The number of aryl methyl sites for hydroxylation is 2. The zero-order valence-corrected chi connectivity index (χ0v) is 9.63. The number of benzene rings is 1. The van der Waals surface area contributed by atoms with Crippen LogP contribution in [0.25, 0.3) is 0 Å². The van der Waals surface area contributed by atoms with Crippen LogP contribution in [0, 0.1) is 5.92 Å². The molecule has 2 rings (SSSR count). The van der Waals surface area contributed by atoms with Gasteiger partial charge in [-0.1, -0.05) is 31.2 Å². The highest BCUT2D eigenvalue weighted by atomic mass is 14.1. The van der Waals surface area contributed by atoms with Crippen LogP contribution in [-0.4, -0.2) is 0 Å². The highest BCUT2D eigenvalue weighted by molar-refractivity contribution is 5.34. The molecular weight excluding hydrogens is 180 g/mol. The molecule has 1 unspecified atom stereocenters. The summed E-state index contributed by atoms with van der Waals surface area (Å²) >= 11 is 0. The van der Waals surface area contributed by atoms with Gasteiger partial charge in [0, 0.05) is 0 Å². The fourth-order valence-electron chi connectivity index (χ4n) is 2.37. The van der Waals surface area contributed by atoms with E-state index in [-0.39, 0.29) is 0 Å². The zero-order valence-electron chi connectivity index (χ0n) is 9.63. The molecule has 0 nitrogen and oxygen atoms in total. The van der Waals surface area contributed by atoms with E-state index in [4.69, 9.17) is 0 Å². The van der Waals surface area contributed by atoms with Crippen LogP contribution in [0.1, 0.15) is 36.5 Å². The standard InChI is InChI=1S/C15H20/c1-3-12(2)10-13-8-9-14-6-4-5-7-15(14)11-13/h3,8-9,11-12H,1,4-7,10H2,2H3. The second kappa shape index (κ2) is 4.65. The van der Waals surface area contributed by atoms with Crippen LogP contribution in [0.15, 0.2) is 30.9 Å². The topological polar surface area (TPSA) is 0 Å². The van der Waals surface area contributed by atoms with Crippen LogP contribution in [0.2, 0.25) is 0 Å². The lowest BCUT2D eigenvalue weighted by atomic mass is 9.89. The van der Waals surface area contributed by atoms with Crippen molar-refractivity contribution >= 4 is 0 Å². The normalized spacial score (nSPS) is 16.9. The Morgan fingerprint density at radius 2 is 2.00 bits per heavy atom. The number of rotatable bonds is 3. The number of fused-ring (bicyclic) bond motifs is 1. The Bertz CT molecular complexity index is 349. The summed E-state index contributed by atoms with van der Waals surface area (Å²) in [5.41, 5.74) is 4.65. The molecule has 1 atom stereocenters. The second-order valence-electron chi connectivity index (χ2n) is 4.73. The van der Waals surface area contributed by atoms with Crippen molar-refractivity contribution in [2.75, 3.05) is 0 Å². The van der Waals surface area contributed by atoms with E-state index in [1.165, 1.54) is 31.2 Å². The molecule has 0 saturated heterocycles. The summed E-state index contributed by atoms with van der Waals surface area (Å²) in [6, 6.07) is 7.04. The van der Waals surface area contributed by atoms with Crippen molar-refractivity contribution in [3.05, 3.63) is 47.5 Å². The second-order valence-corrected chi connectivity index (χ2v) is 4.73. The first-order valence-electron chi connectivity index (χ1n) is 6.03. The first-order chi connectivity index (χ1) is 7.29. The molecule has 80 valence electrons. The maximum absolute atomic E-state index is 3.84. The van der Waals surface area contributed by atoms with Gasteiger partial charge in [0.2, 0.25) is 0 Å². The molecule has 1 aromatic carbocycles. The van der Waals surface area contributed by atoms with Gasteiger partial charge in [0.25, 0.3) is 0 Å². The predicted octanol–water partition coefficient (Wildman–Crippen LogP) is 3.93. The van der Waals surface area contributed by atoms with Gasteiger partial charge in [-0.25, -0.2) is 0 Å². The number of hydrogen-bond acceptors (Lipinski definition) is 0. The zero-order chi connectivity index (χ0) is 10.7. The van der Waals surface area contributed by atoms with E-state index < -0.39 is 0 Å². The van der Waals surface area contributed by atoms with Gasteiger partial charge in [0.15, 0.2) is 0 Å². The van der Waals surface area contributed by atoms with Gasteiger partial charge >= 0.3 is 0 Å². The van der Waals surface area contributed by atoms with E-state index >= 15 is 0 Å². The molecule has 0 heterocycles. The van der Waals surface area contributed by atoms with E-state index in [9.17, 15) is 0 Å². The third kappa shape index (κ3) is 2.50. The molecule has 15 heavy (non-hydrogen) atoms. The highest BCUT2D eigenvalue weighted by Crippen LogP contribution is 2.23. The fraction of sp³-hybridized carbons (Fsp3) is 0.467. The Hall–Kier alpha value is -1.04. The largest absolute Gasteiger partial charge is 0.103 e. The molecule has 0 amide bonds. The molecule has 0 saturated carbocycles. The predicted molar refractivity (Wildman–Crippen MR) is 66.1 cm³/mol. The number of allylic oxidation sites excluding steroid dienone is 1. The average Bonchev–Trinajstić information content (AvgIpc) is 2.29. The minimum atomic E-state index is 0.589. The molecule has 0 aromatic heterocycles. The fourth-order valence-corrected chi connectivity index (χ4v) is 2.37. The summed E-state index contributed by atoms with van der Waals surface area (Å²) in [4.78, 5) is 0. The van der Waals surface area contributed by atoms with Gasteiger partial charge in [-0.15, -0.1) is 6.58 Å². The Balaban J connectivity index is 2.16. The van der Waals surface area contributed by atoms with E-state index in [0.717, 1.165) is 6.42 Å². The Kier molecular flexibility index (Phi) is 3.25. The van der Waals surface area contributed by atoms with Gasteiger partial charge in [-0.05, 0) is 54.7 Å². The van der Waals surface area contributed by atoms with Crippen molar-refractivity contribution in [1.82, 2.24) is 0 Å². The van der Waals surface area contributed by atoms with Gasteiger partial charge in [0.05, 0.1) is 0 Å². The summed E-state index contributed by atoms with van der Waals surface area (Å²) in [5.74, 6) is 0.589. The van der Waals surface area contributed by atoms with Gasteiger partial charge in [0.1, 0.15) is 0 Å². The van der Waals surface area contributed by atoms with Crippen molar-refractivity contribution < 1.29 is 0 Å². The Morgan fingerprint density at radius 3 is 2.73 bits per heavy atom. The lowest BCUT2D eigenvalue weighted by Crippen LogP contribution is -2.04. The van der Waals surface area contributed by atoms with E-state index in [1.54, 1.807) is 11.1 Å². The van der Waals surface area contributed by atoms with Crippen LogP contribution in [0.4, 0.5) is 0 Å². The lowest BCUT2D eigenvalue weighted by Gasteiger charge is -2.17. The van der Waals surface area contributed by atoms with Crippen molar-refractivity contribution in [2.45, 2.75) is 39.0 Å². The Labute approximate surface area is 93.0 Å². The summed E-state index contributed by atoms with van der Waals surface area (Å²) in [6.45, 7) is 6.07. The van der Waals surface area contributed by atoms with Crippen LogP contribution in [0.3, 0.4) is 0 Å². The van der Waals surface area contributed by atoms with Crippen molar-refractivity contribution in [1.29, 1.82) is 0 Å². The first kappa shape index (κ1) is 10.5. The highest BCUT2D eigenvalue weighted by Gasteiger charge is 2.09. The molecular formula is C15H20. The maximum atomic E-state index is 3.84. The summed E-state index contributed by atoms with van der Waals surface area (Å²) in [7, 11) is 0. The molecule has 1 aromatic rings. The summed E-state index contributed by atoms with van der Waals surface area (Å²) in [6.07, 6.45) is 8.48. The van der Waals surface area contributed by atoms with Crippen LogP contribution in [-0.2, 0) is 19.3 Å². The quantitative estimate of drug-likeness (QED) is 0.648. The summed E-state index contributed by atoms with van der Waals surface area (Å²) < 4.78 is 0. The van der Waals surface area contributed by atoms with E-state index in [2.05, 4.69) is 31.7 Å². The first-order valence-corrected chi connectivity index (χ1v) is 6.03. The Morgan fingerprint density at radius 1 is 1.27 bits per heavy atom. The van der Waals surface area contributed by atoms with Crippen molar-refractivity contribution in [3.8, 4) is 0 Å². The van der Waals surface area contributed by atoms with Gasteiger partial charge < -0.3 is 0 Å². The van der Waals surface area contributed by atoms with Crippen LogP contribution < -0.4 is 0 Å². The molecule has 0 radical (unpaired) electrons. The minimum absolute atomic E-state index is 0.589.